The third-order valence-electron chi connectivity index (χ3n) is 4.11. The van der Waals surface area contributed by atoms with Crippen LogP contribution in [-0.4, -0.2) is 38.8 Å². The minimum absolute atomic E-state index is 0. The maximum absolute atomic E-state index is 12.3. The summed E-state index contributed by atoms with van der Waals surface area (Å²) < 4.78 is 25.9. The van der Waals surface area contributed by atoms with Crippen molar-refractivity contribution in [3.63, 3.8) is 0 Å². The molecule has 1 aromatic rings. The van der Waals surface area contributed by atoms with Crippen molar-refractivity contribution >= 4 is 40.0 Å². The zero-order chi connectivity index (χ0) is 16.9. The Hall–Kier alpha value is -0.870. The molecule has 0 aromatic heterocycles. The van der Waals surface area contributed by atoms with E-state index in [9.17, 15) is 8.42 Å². The number of aliphatic imine (C=N–C) groups is 1. The van der Waals surface area contributed by atoms with Crippen LogP contribution in [0.2, 0.25) is 0 Å². The predicted molar refractivity (Wildman–Crippen MR) is 108 cm³/mol. The lowest BCUT2D eigenvalue weighted by molar-refractivity contribution is 0.412. The highest BCUT2D eigenvalue weighted by molar-refractivity contribution is 14.0. The van der Waals surface area contributed by atoms with Crippen LogP contribution in [0.15, 0.2) is 34.2 Å². The average Bonchev–Trinajstić information content (AvgIpc) is 2.54. The summed E-state index contributed by atoms with van der Waals surface area (Å²) in [5.41, 5.74) is 6.60. The highest BCUT2D eigenvalue weighted by Crippen LogP contribution is 2.19. The smallest absolute Gasteiger partial charge is 0.242 e. The fourth-order valence-electron chi connectivity index (χ4n) is 2.75. The Morgan fingerprint density at radius 1 is 1.25 bits per heavy atom. The minimum atomic E-state index is -3.48. The molecule has 1 aliphatic rings. The van der Waals surface area contributed by atoms with Crippen LogP contribution in [0.5, 0.6) is 0 Å². The van der Waals surface area contributed by atoms with E-state index in [0.29, 0.717) is 17.6 Å². The summed E-state index contributed by atoms with van der Waals surface area (Å²) >= 11 is 0. The molecule has 1 aromatic carbocycles. The van der Waals surface area contributed by atoms with Crippen molar-refractivity contribution in [2.24, 2.45) is 10.7 Å². The Kier molecular flexibility index (Phi) is 8.44. The van der Waals surface area contributed by atoms with Gasteiger partial charge in [-0.3, -0.25) is 0 Å². The van der Waals surface area contributed by atoms with Gasteiger partial charge in [0.1, 0.15) is 0 Å². The summed E-state index contributed by atoms with van der Waals surface area (Å²) in [6.07, 6.45) is 5.94. The Bertz CT molecular complexity index is 656. The van der Waals surface area contributed by atoms with E-state index in [1.165, 1.54) is 37.7 Å². The second-order valence-electron chi connectivity index (χ2n) is 6.08. The van der Waals surface area contributed by atoms with Crippen LogP contribution in [0.25, 0.3) is 0 Å². The number of nitrogens with two attached hydrogens (primary N) is 1. The van der Waals surface area contributed by atoms with Crippen LogP contribution in [0.1, 0.15) is 37.7 Å². The number of sulfonamides is 1. The highest BCUT2D eigenvalue weighted by atomic mass is 127. The monoisotopic (exact) mass is 466 g/mol. The summed E-state index contributed by atoms with van der Waals surface area (Å²) in [5.74, 6) is 0.383. The zero-order valence-corrected chi connectivity index (χ0v) is 17.4. The molecule has 0 saturated heterocycles. The maximum atomic E-state index is 12.3. The van der Waals surface area contributed by atoms with Gasteiger partial charge >= 0.3 is 0 Å². The maximum Gasteiger partial charge on any atom is 0.242 e. The first-order valence-electron chi connectivity index (χ1n) is 7.98. The lowest BCUT2D eigenvalue weighted by Crippen LogP contribution is -2.41. The Balaban J connectivity index is 0.00000288. The number of rotatable bonds is 5. The molecule has 0 aliphatic heterocycles. The standard InChI is InChI=1S/C16H26N4O2S.HI/c1-20(2)23(21,22)15-11-7-6-8-13(15)12-18-16(17)19-14-9-4-3-5-10-14;/h6-8,11,14H,3-5,9-10,12H2,1-2H3,(H3,17,18,19);1H. The third kappa shape index (κ3) is 5.59. The molecule has 0 atom stereocenters. The number of benzene rings is 1. The van der Waals surface area contributed by atoms with E-state index >= 15 is 0 Å². The van der Waals surface area contributed by atoms with Crippen LogP contribution in [0.4, 0.5) is 0 Å². The van der Waals surface area contributed by atoms with Crippen molar-refractivity contribution in [3.05, 3.63) is 29.8 Å². The predicted octanol–water partition coefficient (Wildman–Crippen LogP) is 2.29. The first kappa shape index (κ1) is 21.2. The molecule has 1 aliphatic carbocycles. The fraction of sp³-hybridized carbons (Fsp3) is 0.562. The molecule has 2 rings (SSSR count). The third-order valence-corrected chi connectivity index (χ3v) is 6.02. The van der Waals surface area contributed by atoms with Crippen LogP contribution in [-0.2, 0) is 16.6 Å². The molecule has 0 radical (unpaired) electrons. The molecule has 0 unspecified atom stereocenters. The minimum Gasteiger partial charge on any atom is -0.370 e. The van der Waals surface area contributed by atoms with Gasteiger partial charge in [0.15, 0.2) is 5.96 Å². The van der Waals surface area contributed by atoms with Crippen LogP contribution < -0.4 is 11.1 Å². The second-order valence-corrected chi connectivity index (χ2v) is 8.20. The van der Waals surface area contributed by atoms with Gasteiger partial charge < -0.3 is 11.1 Å². The summed E-state index contributed by atoms with van der Waals surface area (Å²) in [5, 5.41) is 3.24. The molecule has 136 valence electrons. The van der Waals surface area contributed by atoms with Gasteiger partial charge in [0.05, 0.1) is 11.4 Å². The summed E-state index contributed by atoms with van der Waals surface area (Å²) in [6, 6.07) is 7.28. The van der Waals surface area contributed by atoms with E-state index in [1.807, 2.05) is 6.07 Å². The van der Waals surface area contributed by atoms with E-state index in [0.717, 1.165) is 12.8 Å². The van der Waals surface area contributed by atoms with E-state index in [4.69, 9.17) is 5.73 Å². The Labute approximate surface area is 162 Å². The van der Waals surface area contributed by atoms with E-state index in [2.05, 4.69) is 10.3 Å². The van der Waals surface area contributed by atoms with Gasteiger partial charge in [0.2, 0.25) is 10.0 Å². The van der Waals surface area contributed by atoms with Crippen molar-refractivity contribution < 1.29 is 8.42 Å². The largest absolute Gasteiger partial charge is 0.370 e. The van der Waals surface area contributed by atoms with E-state index < -0.39 is 10.0 Å². The van der Waals surface area contributed by atoms with Crippen molar-refractivity contribution in [1.29, 1.82) is 0 Å². The summed E-state index contributed by atoms with van der Waals surface area (Å²) in [4.78, 5) is 4.60. The number of nitrogens with zero attached hydrogens (tertiary/aromatic N) is 2. The zero-order valence-electron chi connectivity index (χ0n) is 14.2. The Morgan fingerprint density at radius 2 is 1.88 bits per heavy atom. The average molecular weight is 466 g/mol. The van der Waals surface area contributed by atoms with Crippen molar-refractivity contribution in [2.75, 3.05) is 14.1 Å². The number of nitrogens with one attached hydrogen (secondary N) is 1. The molecule has 0 amide bonds. The first-order valence-corrected chi connectivity index (χ1v) is 9.42. The van der Waals surface area contributed by atoms with E-state index in [1.54, 1.807) is 18.2 Å². The Morgan fingerprint density at radius 3 is 2.50 bits per heavy atom. The number of hydrogen-bond acceptors (Lipinski definition) is 3. The van der Waals surface area contributed by atoms with Crippen molar-refractivity contribution in [1.82, 2.24) is 9.62 Å². The first-order chi connectivity index (χ1) is 10.9. The molecule has 6 nitrogen and oxygen atoms in total. The molecule has 24 heavy (non-hydrogen) atoms. The topological polar surface area (TPSA) is 87.8 Å². The van der Waals surface area contributed by atoms with Gasteiger partial charge in [0.25, 0.3) is 0 Å². The number of guanidine groups is 1. The highest BCUT2D eigenvalue weighted by Gasteiger charge is 2.20. The van der Waals surface area contributed by atoms with E-state index in [-0.39, 0.29) is 35.4 Å². The quantitative estimate of drug-likeness (QED) is 0.396. The molecule has 3 N–H and O–H groups in total. The van der Waals surface area contributed by atoms with Crippen molar-refractivity contribution in [2.45, 2.75) is 49.6 Å². The van der Waals surface area contributed by atoms with Gasteiger partial charge in [-0.05, 0) is 24.5 Å². The molecule has 0 bridgehead atoms. The van der Waals surface area contributed by atoms with Crippen LogP contribution >= 0.6 is 24.0 Å². The summed E-state index contributed by atoms with van der Waals surface area (Å²) in [6.45, 7) is 0.245. The van der Waals surface area contributed by atoms with Gasteiger partial charge in [0, 0.05) is 20.1 Å². The lowest BCUT2D eigenvalue weighted by atomic mass is 9.96. The lowest BCUT2D eigenvalue weighted by Gasteiger charge is -2.23. The van der Waals surface area contributed by atoms with Crippen molar-refractivity contribution in [3.8, 4) is 0 Å². The molecule has 8 heteroatoms. The number of halogens is 1. The van der Waals surface area contributed by atoms with Gasteiger partial charge in [-0.15, -0.1) is 24.0 Å². The molecule has 1 saturated carbocycles. The van der Waals surface area contributed by atoms with Gasteiger partial charge in [-0.2, -0.15) is 0 Å². The molecule has 0 spiro atoms. The summed E-state index contributed by atoms with van der Waals surface area (Å²) in [7, 11) is -0.435. The fourth-order valence-corrected chi connectivity index (χ4v) is 3.86. The number of hydrogen-bond donors (Lipinski definition) is 2. The SMILES string of the molecule is CN(C)S(=O)(=O)c1ccccc1CN=C(N)NC1CCCCC1.I. The molecule has 1 fully saturated rings. The molecular formula is C16H27IN4O2S. The van der Waals surface area contributed by atoms with Crippen LogP contribution in [0, 0.1) is 0 Å². The molecular weight excluding hydrogens is 439 g/mol. The van der Waals surface area contributed by atoms with Gasteiger partial charge in [-0.25, -0.2) is 17.7 Å². The van der Waals surface area contributed by atoms with Crippen LogP contribution in [0.3, 0.4) is 0 Å². The normalized spacial score (nSPS) is 16.7. The molecule has 0 heterocycles. The van der Waals surface area contributed by atoms with Gasteiger partial charge in [-0.1, -0.05) is 37.5 Å². The second kappa shape index (κ2) is 9.57.